The summed E-state index contributed by atoms with van der Waals surface area (Å²) in [5.41, 5.74) is 7.18. The number of nitrogens with two attached hydrogens (primary N) is 1. The average molecular weight is 191 g/mol. The lowest BCUT2D eigenvalue weighted by Crippen LogP contribution is -2.08. The Kier molecular flexibility index (Phi) is 2.17. The molecule has 14 heavy (non-hydrogen) atoms. The third kappa shape index (κ3) is 1.36. The minimum Gasteiger partial charge on any atom is -0.508 e. The molecular weight excluding hydrogens is 178 g/mol. The molecule has 0 saturated heterocycles. The van der Waals surface area contributed by atoms with E-state index in [2.05, 4.69) is 0 Å². The molecule has 3 nitrogen and oxygen atoms in total. The minimum atomic E-state index is 0.143. The maximum atomic E-state index is 9.73. The van der Waals surface area contributed by atoms with Crippen LogP contribution in [0.5, 0.6) is 5.75 Å². The number of aromatic hydroxyl groups is 1. The molecule has 0 bridgehead atoms. The van der Waals surface area contributed by atoms with Gasteiger partial charge in [0.15, 0.2) is 0 Å². The molecule has 1 aromatic carbocycles. The van der Waals surface area contributed by atoms with E-state index in [1.54, 1.807) is 12.3 Å². The van der Waals surface area contributed by atoms with E-state index >= 15 is 0 Å². The van der Waals surface area contributed by atoms with Crippen molar-refractivity contribution >= 4 is 11.0 Å². The summed E-state index contributed by atoms with van der Waals surface area (Å²) in [6.45, 7) is 2.49. The Bertz CT molecular complexity index is 447. The van der Waals surface area contributed by atoms with Gasteiger partial charge in [-0.1, -0.05) is 6.92 Å². The van der Waals surface area contributed by atoms with Crippen LogP contribution in [0.3, 0.4) is 0 Å². The van der Waals surface area contributed by atoms with Crippen LogP contribution in [0.1, 0.15) is 18.4 Å². The van der Waals surface area contributed by atoms with E-state index in [0.29, 0.717) is 6.54 Å². The lowest BCUT2D eigenvalue weighted by Gasteiger charge is -2.10. The fraction of sp³-hybridized carbons (Fsp3) is 0.273. The SMILES string of the molecule is CC(CN)c1cc2occc2cc1O. The van der Waals surface area contributed by atoms with E-state index in [-0.39, 0.29) is 11.7 Å². The Morgan fingerprint density at radius 2 is 2.29 bits per heavy atom. The van der Waals surface area contributed by atoms with Crippen LogP contribution in [-0.2, 0) is 0 Å². The van der Waals surface area contributed by atoms with Gasteiger partial charge in [-0.2, -0.15) is 0 Å². The Hall–Kier alpha value is -1.48. The molecule has 1 heterocycles. The maximum Gasteiger partial charge on any atom is 0.134 e. The molecule has 0 spiro atoms. The molecular formula is C11H13NO2. The van der Waals surface area contributed by atoms with Gasteiger partial charge in [-0.25, -0.2) is 0 Å². The summed E-state index contributed by atoms with van der Waals surface area (Å²) in [5.74, 6) is 0.432. The van der Waals surface area contributed by atoms with E-state index in [4.69, 9.17) is 10.2 Å². The normalized spacial score (nSPS) is 13.3. The van der Waals surface area contributed by atoms with Crippen LogP contribution in [0.15, 0.2) is 28.9 Å². The first kappa shape index (κ1) is 9.09. The standard InChI is InChI=1S/C11H13NO2/c1-7(6-12)9-5-11-8(2-3-14-11)4-10(9)13/h2-5,7,13H,6,12H2,1H3. The summed E-state index contributed by atoms with van der Waals surface area (Å²) >= 11 is 0. The predicted molar refractivity (Wildman–Crippen MR) is 55.3 cm³/mol. The summed E-state index contributed by atoms with van der Waals surface area (Å²) < 4.78 is 5.26. The largest absolute Gasteiger partial charge is 0.508 e. The highest BCUT2D eigenvalue weighted by molar-refractivity contribution is 5.80. The van der Waals surface area contributed by atoms with E-state index in [9.17, 15) is 5.11 Å². The summed E-state index contributed by atoms with van der Waals surface area (Å²) in [7, 11) is 0. The van der Waals surface area contributed by atoms with Crippen molar-refractivity contribution < 1.29 is 9.52 Å². The van der Waals surface area contributed by atoms with Crippen LogP contribution in [0.25, 0.3) is 11.0 Å². The summed E-state index contributed by atoms with van der Waals surface area (Å²) in [6.07, 6.45) is 1.61. The van der Waals surface area contributed by atoms with Crippen LogP contribution < -0.4 is 5.73 Å². The highest BCUT2D eigenvalue weighted by Crippen LogP contribution is 2.30. The number of benzene rings is 1. The van der Waals surface area contributed by atoms with Crippen LogP contribution in [0.4, 0.5) is 0 Å². The molecule has 0 aliphatic carbocycles. The van der Waals surface area contributed by atoms with Gasteiger partial charge in [0.1, 0.15) is 11.3 Å². The summed E-state index contributed by atoms with van der Waals surface area (Å²) in [5, 5.41) is 10.6. The minimum absolute atomic E-state index is 0.143. The van der Waals surface area contributed by atoms with Gasteiger partial charge >= 0.3 is 0 Å². The van der Waals surface area contributed by atoms with Crippen molar-refractivity contribution in [1.29, 1.82) is 0 Å². The first-order valence-electron chi connectivity index (χ1n) is 4.62. The van der Waals surface area contributed by atoms with Gasteiger partial charge in [0, 0.05) is 10.9 Å². The molecule has 74 valence electrons. The zero-order valence-electron chi connectivity index (χ0n) is 8.03. The first-order valence-corrected chi connectivity index (χ1v) is 4.62. The molecule has 0 aliphatic rings. The molecule has 0 aliphatic heterocycles. The second-order valence-electron chi connectivity index (χ2n) is 3.51. The van der Waals surface area contributed by atoms with Crippen molar-refractivity contribution in [2.45, 2.75) is 12.8 Å². The summed E-state index contributed by atoms with van der Waals surface area (Å²) in [4.78, 5) is 0. The van der Waals surface area contributed by atoms with Crippen molar-refractivity contribution in [3.63, 3.8) is 0 Å². The monoisotopic (exact) mass is 191 g/mol. The van der Waals surface area contributed by atoms with Gasteiger partial charge in [-0.3, -0.25) is 0 Å². The Labute approximate surface area is 82.1 Å². The van der Waals surface area contributed by atoms with Crippen molar-refractivity contribution in [2.24, 2.45) is 5.73 Å². The number of furan rings is 1. The lowest BCUT2D eigenvalue weighted by atomic mass is 9.99. The topological polar surface area (TPSA) is 59.4 Å². The fourth-order valence-corrected chi connectivity index (χ4v) is 1.53. The zero-order valence-corrected chi connectivity index (χ0v) is 8.03. The number of rotatable bonds is 2. The summed E-state index contributed by atoms with van der Waals surface area (Å²) in [6, 6.07) is 5.38. The molecule has 1 atom stereocenters. The number of phenols is 1. The number of hydrogen-bond donors (Lipinski definition) is 2. The predicted octanol–water partition coefficient (Wildman–Crippen LogP) is 2.20. The third-order valence-corrected chi connectivity index (χ3v) is 2.49. The smallest absolute Gasteiger partial charge is 0.134 e. The quantitative estimate of drug-likeness (QED) is 0.765. The van der Waals surface area contributed by atoms with Crippen molar-refractivity contribution in [3.05, 3.63) is 30.0 Å². The zero-order chi connectivity index (χ0) is 10.1. The molecule has 3 heteroatoms. The fourth-order valence-electron chi connectivity index (χ4n) is 1.53. The van der Waals surface area contributed by atoms with Gasteiger partial charge in [-0.15, -0.1) is 0 Å². The van der Waals surface area contributed by atoms with Crippen molar-refractivity contribution in [1.82, 2.24) is 0 Å². The maximum absolute atomic E-state index is 9.73. The molecule has 1 aromatic heterocycles. The van der Waals surface area contributed by atoms with Gasteiger partial charge in [0.05, 0.1) is 6.26 Å². The molecule has 1 unspecified atom stereocenters. The molecule has 0 saturated carbocycles. The van der Waals surface area contributed by atoms with E-state index in [1.807, 2.05) is 19.1 Å². The van der Waals surface area contributed by atoms with Crippen molar-refractivity contribution in [3.8, 4) is 5.75 Å². The number of fused-ring (bicyclic) bond motifs is 1. The van der Waals surface area contributed by atoms with Gasteiger partial charge < -0.3 is 15.3 Å². The Morgan fingerprint density at radius 1 is 1.50 bits per heavy atom. The van der Waals surface area contributed by atoms with Crippen molar-refractivity contribution in [2.75, 3.05) is 6.54 Å². The van der Waals surface area contributed by atoms with Gasteiger partial charge in [-0.05, 0) is 30.7 Å². The molecule has 2 aromatic rings. The lowest BCUT2D eigenvalue weighted by molar-refractivity contribution is 0.464. The van der Waals surface area contributed by atoms with Crippen LogP contribution in [0, 0.1) is 0 Å². The number of phenolic OH excluding ortho intramolecular Hbond substituents is 1. The molecule has 3 N–H and O–H groups in total. The Balaban J connectivity index is 2.58. The molecule has 2 rings (SSSR count). The van der Waals surface area contributed by atoms with Crippen LogP contribution in [0.2, 0.25) is 0 Å². The third-order valence-electron chi connectivity index (χ3n) is 2.49. The molecule has 0 amide bonds. The molecule has 0 radical (unpaired) electrons. The van der Waals surface area contributed by atoms with E-state index in [0.717, 1.165) is 16.5 Å². The highest BCUT2D eigenvalue weighted by Gasteiger charge is 2.11. The second-order valence-corrected chi connectivity index (χ2v) is 3.51. The first-order chi connectivity index (χ1) is 6.72. The Morgan fingerprint density at radius 3 is 3.00 bits per heavy atom. The highest BCUT2D eigenvalue weighted by atomic mass is 16.3. The van der Waals surface area contributed by atoms with E-state index in [1.165, 1.54) is 0 Å². The van der Waals surface area contributed by atoms with Crippen LogP contribution >= 0.6 is 0 Å². The van der Waals surface area contributed by atoms with Gasteiger partial charge in [0.2, 0.25) is 0 Å². The molecule has 0 fully saturated rings. The second kappa shape index (κ2) is 3.35. The van der Waals surface area contributed by atoms with E-state index < -0.39 is 0 Å². The number of hydrogen-bond acceptors (Lipinski definition) is 3. The average Bonchev–Trinajstić information content (AvgIpc) is 2.62. The van der Waals surface area contributed by atoms with Gasteiger partial charge in [0.25, 0.3) is 0 Å². The van der Waals surface area contributed by atoms with Crippen LogP contribution in [-0.4, -0.2) is 11.7 Å².